The average molecular weight is 338 g/mol. The Hall–Kier alpha value is -1.59. The molecular formula is C15H16BrNO3. The Morgan fingerprint density at radius 1 is 1.35 bits per heavy atom. The number of benzene rings is 2. The summed E-state index contributed by atoms with van der Waals surface area (Å²) in [7, 11) is 1.58. The molecule has 0 aliphatic rings. The van der Waals surface area contributed by atoms with Crippen LogP contribution < -0.4 is 5.32 Å². The molecule has 0 saturated heterocycles. The topological polar surface area (TPSA) is 58.6 Å². The van der Waals surface area contributed by atoms with E-state index in [1.54, 1.807) is 19.2 Å². The van der Waals surface area contributed by atoms with Crippen molar-refractivity contribution >= 4 is 32.6 Å². The molecule has 4 nitrogen and oxygen atoms in total. The fourth-order valence-electron chi connectivity index (χ4n) is 2.03. The standard InChI is InChI=1S/C15H16BrNO3/c1-20-9-11(8-16)17-15(19)13-7-6-10-4-2-3-5-12(10)14(13)18/h2-7,11,18H,8-9H2,1H3,(H,17,19). The molecule has 2 aromatic rings. The van der Waals surface area contributed by atoms with Gasteiger partial charge in [0.25, 0.3) is 5.91 Å². The van der Waals surface area contributed by atoms with Gasteiger partial charge in [-0.2, -0.15) is 0 Å². The summed E-state index contributed by atoms with van der Waals surface area (Å²) in [6, 6.07) is 10.7. The minimum atomic E-state index is -0.310. The van der Waals surface area contributed by atoms with E-state index in [4.69, 9.17) is 4.74 Å². The zero-order valence-corrected chi connectivity index (χ0v) is 12.7. The molecule has 0 bridgehead atoms. The molecule has 20 heavy (non-hydrogen) atoms. The highest BCUT2D eigenvalue weighted by atomic mass is 79.9. The zero-order chi connectivity index (χ0) is 14.5. The summed E-state index contributed by atoms with van der Waals surface area (Å²) in [4.78, 5) is 12.2. The summed E-state index contributed by atoms with van der Waals surface area (Å²) in [5.41, 5.74) is 0.269. The number of alkyl halides is 1. The van der Waals surface area contributed by atoms with Crippen molar-refractivity contribution in [3.63, 3.8) is 0 Å². The van der Waals surface area contributed by atoms with Gasteiger partial charge in [-0.3, -0.25) is 4.79 Å². The van der Waals surface area contributed by atoms with Crippen LogP contribution in [0.4, 0.5) is 0 Å². The number of carbonyl (C=O) groups excluding carboxylic acids is 1. The highest BCUT2D eigenvalue weighted by molar-refractivity contribution is 9.09. The third-order valence-electron chi connectivity index (χ3n) is 3.03. The molecule has 0 aromatic heterocycles. The van der Waals surface area contributed by atoms with Gasteiger partial charge in [0.2, 0.25) is 0 Å². The van der Waals surface area contributed by atoms with Gasteiger partial charge in [0.05, 0.1) is 18.2 Å². The Balaban J connectivity index is 2.28. The number of aromatic hydroxyl groups is 1. The number of hydrogen-bond acceptors (Lipinski definition) is 3. The first-order chi connectivity index (χ1) is 9.67. The predicted octanol–water partition coefficient (Wildman–Crippen LogP) is 2.69. The molecule has 0 saturated carbocycles. The van der Waals surface area contributed by atoms with Crippen molar-refractivity contribution in [3.05, 3.63) is 42.0 Å². The molecule has 1 amide bonds. The Kier molecular flexibility index (Phi) is 4.98. The Labute approximate surface area is 125 Å². The lowest BCUT2D eigenvalue weighted by Gasteiger charge is -2.16. The van der Waals surface area contributed by atoms with Gasteiger partial charge in [-0.15, -0.1) is 0 Å². The van der Waals surface area contributed by atoms with Gasteiger partial charge in [0.1, 0.15) is 5.75 Å². The molecule has 5 heteroatoms. The maximum absolute atomic E-state index is 12.2. The minimum absolute atomic E-state index is 0.00587. The van der Waals surface area contributed by atoms with Gasteiger partial charge in [0, 0.05) is 17.8 Å². The van der Waals surface area contributed by atoms with Crippen LogP contribution in [-0.2, 0) is 4.74 Å². The molecule has 2 rings (SSSR count). The number of methoxy groups -OCH3 is 1. The second-order valence-electron chi connectivity index (χ2n) is 4.46. The molecule has 0 radical (unpaired) electrons. The normalized spacial score (nSPS) is 12.3. The SMILES string of the molecule is COCC(CBr)NC(=O)c1ccc2ccccc2c1O. The molecule has 0 heterocycles. The van der Waals surface area contributed by atoms with Crippen LogP contribution in [-0.4, -0.2) is 36.1 Å². The third kappa shape index (κ3) is 3.11. The second-order valence-corrected chi connectivity index (χ2v) is 5.11. The monoisotopic (exact) mass is 337 g/mol. The van der Waals surface area contributed by atoms with Crippen molar-refractivity contribution in [2.75, 3.05) is 19.0 Å². The van der Waals surface area contributed by atoms with Gasteiger partial charge in [0.15, 0.2) is 0 Å². The van der Waals surface area contributed by atoms with Gasteiger partial charge >= 0.3 is 0 Å². The van der Waals surface area contributed by atoms with E-state index in [1.165, 1.54) is 0 Å². The molecule has 2 N–H and O–H groups in total. The lowest BCUT2D eigenvalue weighted by atomic mass is 10.0. The largest absolute Gasteiger partial charge is 0.506 e. The Morgan fingerprint density at radius 3 is 2.80 bits per heavy atom. The lowest BCUT2D eigenvalue weighted by molar-refractivity contribution is 0.0905. The summed E-state index contributed by atoms with van der Waals surface area (Å²) in [5.74, 6) is -0.305. The Morgan fingerprint density at radius 2 is 2.10 bits per heavy atom. The van der Waals surface area contributed by atoms with Gasteiger partial charge < -0.3 is 15.2 Å². The molecule has 1 unspecified atom stereocenters. The van der Waals surface area contributed by atoms with Crippen LogP contribution in [0.5, 0.6) is 5.75 Å². The number of amides is 1. The Bertz CT molecular complexity index is 615. The summed E-state index contributed by atoms with van der Waals surface area (Å²) < 4.78 is 5.02. The second kappa shape index (κ2) is 6.72. The van der Waals surface area contributed by atoms with E-state index >= 15 is 0 Å². The number of halogens is 1. The van der Waals surface area contributed by atoms with Crippen LogP contribution in [0, 0.1) is 0 Å². The number of ether oxygens (including phenoxy) is 1. The molecule has 2 aromatic carbocycles. The van der Waals surface area contributed by atoms with Gasteiger partial charge in [-0.1, -0.05) is 46.3 Å². The van der Waals surface area contributed by atoms with Crippen LogP contribution in [0.1, 0.15) is 10.4 Å². The average Bonchev–Trinajstić information content (AvgIpc) is 2.47. The summed E-state index contributed by atoms with van der Waals surface area (Å²) in [6.07, 6.45) is 0. The van der Waals surface area contributed by atoms with E-state index in [0.717, 1.165) is 5.39 Å². The molecule has 0 aliphatic carbocycles. The highest BCUT2D eigenvalue weighted by Gasteiger charge is 2.17. The number of hydrogen-bond donors (Lipinski definition) is 2. The van der Waals surface area contributed by atoms with Crippen LogP contribution in [0.3, 0.4) is 0 Å². The van der Waals surface area contributed by atoms with E-state index in [1.807, 2.05) is 24.3 Å². The van der Waals surface area contributed by atoms with Crippen molar-refractivity contribution in [2.24, 2.45) is 0 Å². The van der Waals surface area contributed by atoms with Crippen molar-refractivity contribution in [1.29, 1.82) is 0 Å². The van der Waals surface area contributed by atoms with Crippen LogP contribution in [0.15, 0.2) is 36.4 Å². The lowest BCUT2D eigenvalue weighted by Crippen LogP contribution is -2.39. The van der Waals surface area contributed by atoms with E-state index in [0.29, 0.717) is 17.3 Å². The van der Waals surface area contributed by atoms with E-state index in [9.17, 15) is 9.90 Å². The van der Waals surface area contributed by atoms with Crippen molar-refractivity contribution in [3.8, 4) is 5.75 Å². The smallest absolute Gasteiger partial charge is 0.255 e. The molecule has 0 spiro atoms. The van der Waals surface area contributed by atoms with E-state index in [2.05, 4.69) is 21.2 Å². The number of phenolic OH excluding ortho intramolecular Hbond substituents is 1. The molecule has 106 valence electrons. The fourth-order valence-corrected chi connectivity index (χ4v) is 2.38. The molecule has 0 aliphatic heterocycles. The van der Waals surface area contributed by atoms with E-state index < -0.39 is 0 Å². The maximum atomic E-state index is 12.2. The first-order valence-electron chi connectivity index (χ1n) is 6.24. The summed E-state index contributed by atoms with van der Waals surface area (Å²) in [6.45, 7) is 0.408. The van der Waals surface area contributed by atoms with Gasteiger partial charge in [-0.05, 0) is 11.5 Å². The van der Waals surface area contributed by atoms with Crippen LogP contribution >= 0.6 is 15.9 Å². The van der Waals surface area contributed by atoms with Crippen molar-refractivity contribution < 1.29 is 14.6 Å². The maximum Gasteiger partial charge on any atom is 0.255 e. The van der Waals surface area contributed by atoms with Crippen molar-refractivity contribution in [2.45, 2.75) is 6.04 Å². The summed E-state index contributed by atoms with van der Waals surface area (Å²) in [5, 5.41) is 15.2. The predicted molar refractivity (Wildman–Crippen MR) is 82.5 cm³/mol. The minimum Gasteiger partial charge on any atom is -0.506 e. The summed E-state index contributed by atoms with van der Waals surface area (Å²) >= 11 is 3.32. The van der Waals surface area contributed by atoms with Crippen LogP contribution in [0.2, 0.25) is 0 Å². The van der Waals surface area contributed by atoms with Crippen LogP contribution in [0.25, 0.3) is 10.8 Å². The third-order valence-corrected chi connectivity index (χ3v) is 3.82. The zero-order valence-electron chi connectivity index (χ0n) is 11.1. The molecule has 0 fully saturated rings. The molecule has 1 atom stereocenters. The van der Waals surface area contributed by atoms with Gasteiger partial charge in [-0.25, -0.2) is 0 Å². The number of carbonyl (C=O) groups is 1. The van der Waals surface area contributed by atoms with Crippen molar-refractivity contribution in [1.82, 2.24) is 5.32 Å². The number of phenols is 1. The van der Waals surface area contributed by atoms with E-state index in [-0.39, 0.29) is 23.3 Å². The molecular weight excluding hydrogens is 322 g/mol. The first kappa shape index (κ1) is 14.8. The fraction of sp³-hybridized carbons (Fsp3) is 0.267. The highest BCUT2D eigenvalue weighted by Crippen LogP contribution is 2.28. The number of rotatable bonds is 5. The first-order valence-corrected chi connectivity index (χ1v) is 7.36. The number of nitrogens with one attached hydrogen (secondary N) is 1. The quantitative estimate of drug-likeness (QED) is 0.824. The number of fused-ring (bicyclic) bond motifs is 1.